The standard InChI is InChI=1S/C20H21NO5/c1-21-8-14(22)12-7-16-20(26-9-25-16)18-10-4-5-15(23-2)19(24-3)11(10)6-13(21)17(12)18/h4-5,7,13-14,22H,6,8-9H2,1-3H3. The molecule has 136 valence electrons. The minimum atomic E-state index is -0.541. The molecule has 0 spiro atoms. The fourth-order valence-electron chi connectivity index (χ4n) is 4.58. The van der Waals surface area contributed by atoms with E-state index in [0.29, 0.717) is 12.3 Å². The molecule has 6 nitrogen and oxygen atoms in total. The highest BCUT2D eigenvalue weighted by atomic mass is 16.7. The molecule has 2 atom stereocenters. The largest absolute Gasteiger partial charge is 0.493 e. The molecule has 0 fully saturated rings. The van der Waals surface area contributed by atoms with E-state index in [1.165, 1.54) is 0 Å². The summed E-state index contributed by atoms with van der Waals surface area (Å²) in [7, 11) is 5.36. The van der Waals surface area contributed by atoms with Gasteiger partial charge in [0.25, 0.3) is 0 Å². The van der Waals surface area contributed by atoms with Crippen LogP contribution < -0.4 is 18.9 Å². The van der Waals surface area contributed by atoms with Crippen molar-refractivity contribution in [2.24, 2.45) is 0 Å². The van der Waals surface area contributed by atoms with Crippen molar-refractivity contribution < 1.29 is 24.1 Å². The molecule has 2 aliphatic heterocycles. The van der Waals surface area contributed by atoms with E-state index < -0.39 is 6.10 Å². The van der Waals surface area contributed by atoms with Gasteiger partial charge in [0, 0.05) is 23.7 Å². The Labute approximate surface area is 151 Å². The second kappa shape index (κ2) is 5.53. The first kappa shape index (κ1) is 15.8. The zero-order chi connectivity index (χ0) is 18.0. The molecule has 2 unspecified atom stereocenters. The fraction of sp³-hybridized carbons (Fsp3) is 0.400. The number of hydrogen-bond donors (Lipinski definition) is 1. The van der Waals surface area contributed by atoms with Crippen molar-refractivity contribution in [1.29, 1.82) is 0 Å². The Morgan fingerprint density at radius 2 is 2.04 bits per heavy atom. The van der Waals surface area contributed by atoms with Crippen LogP contribution >= 0.6 is 0 Å². The third kappa shape index (κ3) is 1.94. The molecule has 2 aromatic rings. The van der Waals surface area contributed by atoms with Crippen LogP contribution in [0.2, 0.25) is 0 Å². The molecule has 6 heteroatoms. The fourth-order valence-corrected chi connectivity index (χ4v) is 4.58. The number of aliphatic hydroxyl groups excluding tert-OH is 1. The summed E-state index contributed by atoms with van der Waals surface area (Å²) in [5.41, 5.74) is 5.23. The van der Waals surface area contributed by atoms with Gasteiger partial charge in [-0.1, -0.05) is 0 Å². The molecule has 5 rings (SSSR count). The van der Waals surface area contributed by atoms with Crippen LogP contribution in [0.15, 0.2) is 18.2 Å². The number of nitrogens with zero attached hydrogens (tertiary/aromatic N) is 1. The highest BCUT2D eigenvalue weighted by Crippen LogP contribution is 2.57. The number of aliphatic hydroxyl groups is 1. The number of ether oxygens (including phenoxy) is 4. The van der Waals surface area contributed by atoms with Gasteiger partial charge < -0.3 is 24.1 Å². The van der Waals surface area contributed by atoms with Crippen LogP contribution in [0.5, 0.6) is 23.0 Å². The Morgan fingerprint density at radius 1 is 1.19 bits per heavy atom. The van der Waals surface area contributed by atoms with Gasteiger partial charge in [-0.05, 0) is 48.4 Å². The van der Waals surface area contributed by atoms with E-state index in [9.17, 15) is 5.11 Å². The first-order valence-electron chi connectivity index (χ1n) is 8.73. The quantitative estimate of drug-likeness (QED) is 0.894. The van der Waals surface area contributed by atoms with Crippen LogP contribution in [0.3, 0.4) is 0 Å². The lowest BCUT2D eigenvalue weighted by Gasteiger charge is -2.42. The Bertz CT molecular complexity index is 910. The molecule has 2 heterocycles. The molecular weight excluding hydrogens is 334 g/mol. The van der Waals surface area contributed by atoms with E-state index in [2.05, 4.69) is 4.90 Å². The number of benzene rings is 2. The van der Waals surface area contributed by atoms with E-state index in [4.69, 9.17) is 18.9 Å². The summed E-state index contributed by atoms with van der Waals surface area (Å²) in [6, 6.07) is 6.05. The van der Waals surface area contributed by atoms with E-state index >= 15 is 0 Å². The van der Waals surface area contributed by atoms with Gasteiger partial charge in [-0.25, -0.2) is 0 Å². The molecule has 0 aromatic heterocycles. The zero-order valence-electron chi connectivity index (χ0n) is 15.0. The molecular formula is C20H21NO5. The first-order chi connectivity index (χ1) is 12.6. The van der Waals surface area contributed by atoms with Crippen molar-refractivity contribution in [3.05, 3.63) is 34.9 Å². The first-order valence-corrected chi connectivity index (χ1v) is 8.73. The predicted molar refractivity (Wildman–Crippen MR) is 95.1 cm³/mol. The summed E-state index contributed by atoms with van der Waals surface area (Å²) in [5.74, 6) is 2.93. The lowest BCUT2D eigenvalue weighted by atomic mass is 9.75. The van der Waals surface area contributed by atoms with Crippen LogP contribution in [0.1, 0.15) is 28.8 Å². The van der Waals surface area contributed by atoms with Gasteiger partial charge in [0.15, 0.2) is 23.0 Å². The highest BCUT2D eigenvalue weighted by molar-refractivity contribution is 5.86. The molecule has 0 saturated carbocycles. The highest BCUT2D eigenvalue weighted by Gasteiger charge is 2.41. The average Bonchev–Trinajstić information content (AvgIpc) is 3.12. The third-order valence-electron chi connectivity index (χ3n) is 5.74. The predicted octanol–water partition coefficient (Wildman–Crippen LogP) is 2.68. The Balaban J connectivity index is 1.87. The van der Waals surface area contributed by atoms with E-state index in [0.717, 1.165) is 51.5 Å². The minimum Gasteiger partial charge on any atom is -0.493 e. The van der Waals surface area contributed by atoms with Crippen LogP contribution in [-0.2, 0) is 6.42 Å². The van der Waals surface area contributed by atoms with Gasteiger partial charge in [0.05, 0.1) is 20.3 Å². The maximum absolute atomic E-state index is 10.7. The molecule has 3 aliphatic rings. The second-order valence-electron chi connectivity index (χ2n) is 6.99. The molecule has 1 N–H and O–H groups in total. The Kier molecular flexibility index (Phi) is 3.36. The number of methoxy groups -OCH3 is 2. The smallest absolute Gasteiger partial charge is 0.231 e. The van der Waals surface area contributed by atoms with E-state index in [-0.39, 0.29) is 12.8 Å². The zero-order valence-corrected chi connectivity index (χ0v) is 15.0. The van der Waals surface area contributed by atoms with Gasteiger partial charge in [-0.2, -0.15) is 0 Å². The number of fused-ring (bicyclic) bond motifs is 4. The van der Waals surface area contributed by atoms with E-state index in [1.807, 2.05) is 25.2 Å². The number of hydrogen-bond acceptors (Lipinski definition) is 6. The monoisotopic (exact) mass is 355 g/mol. The summed E-state index contributed by atoms with van der Waals surface area (Å²) in [4.78, 5) is 2.19. The van der Waals surface area contributed by atoms with Gasteiger partial charge >= 0.3 is 0 Å². The summed E-state index contributed by atoms with van der Waals surface area (Å²) in [6.45, 7) is 0.781. The maximum Gasteiger partial charge on any atom is 0.231 e. The third-order valence-corrected chi connectivity index (χ3v) is 5.74. The van der Waals surface area contributed by atoms with Crippen molar-refractivity contribution in [3.8, 4) is 34.1 Å². The average molecular weight is 355 g/mol. The molecule has 0 amide bonds. The molecule has 26 heavy (non-hydrogen) atoms. The normalized spacial score (nSPS) is 22.6. The lowest BCUT2D eigenvalue weighted by Crippen LogP contribution is -2.38. The van der Waals surface area contributed by atoms with Crippen molar-refractivity contribution >= 4 is 0 Å². The summed E-state index contributed by atoms with van der Waals surface area (Å²) >= 11 is 0. The number of likely N-dealkylation sites (N-methyl/N-ethyl adjacent to an activating group) is 1. The topological polar surface area (TPSA) is 60.4 Å². The van der Waals surface area contributed by atoms with E-state index in [1.54, 1.807) is 14.2 Å². The van der Waals surface area contributed by atoms with Crippen LogP contribution in [0.25, 0.3) is 11.1 Å². The lowest BCUT2D eigenvalue weighted by molar-refractivity contribution is 0.0829. The number of β-amino-alcohol motifs (C(OH)–C–C–N with tert-alkyl or cyclic N) is 1. The Morgan fingerprint density at radius 3 is 2.81 bits per heavy atom. The van der Waals surface area contributed by atoms with Crippen LogP contribution in [0, 0.1) is 0 Å². The van der Waals surface area contributed by atoms with Crippen molar-refractivity contribution in [2.45, 2.75) is 18.6 Å². The van der Waals surface area contributed by atoms with Gasteiger partial charge in [-0.3, -0.25) is 4.90 Å². The maximum atomic E-state index is 10.7. The van der Waals surface area contributed by atoms with Crippen LogP contribution in [0.4, 0.5) is 0 Å². The summed E-state index contributed by atoms with van der Waals surface area (Å²) < 4.78 is 22.7. The van der Waals surface area contributed by atoms with Gasteiger partial charge in [0.1, 0.15) is 0 Å². The van der Waals surface area contributed by atoms with Gasteiger partial charge in [-0.15, -0.1) is 0 Å². The minimum absolute atomic E-state index is 0.145. The second-order valence-corrected chi connectivity index (χ2v) is 6.99. The molecule has 0 radical (unpaired) electrons. The molecule has 0 bridgehead atoms. The van der Waals surface area contributed by atoms with Crippen molar-refractivity contribution in [1.82, 2.24) is 4.90 Å². The molecule has 1 aliphatic carbocycles. The van der Waals surface area contributed by atoms with Crippen LogP contribution in [-0.4, -0.2) is 44.6 Å². The number of rotatable bonds is 2. The SMILES string of the molecule is COc1ccc2c(c1OC)CC1c3c(cc4c(c3-2)OCO4)C(O)CN1C. The molecule has 0 saturated heterocycles. The molecule has 2 aromatic carbocycles. The van der Waals surface area contributed by atoms with Gasteiger partial charge in [0.2, 0.25) is 6.79 Å². The summed E-state index contributed by atoms with van der Waals surface area (Å²) in [6.07, 6.45) is 0.250. The Hall–Kier alpha value is -2.44. The van der Waals surface area contributed by atoms with Crippen molar-refractivity contribution in [2.75, 3.05) is 34.6 Å². The summed E-state index contributed by atoms with van der Waals surface area (Å²) in [5, 5.41) is 10.7. The van der Waals surface area contributed by atoms with Crippen molar-refractivity contribution in [3.63, 3.8) is 0 Å².